The molecule has 0 atom stereocenters. The largest absolute Gasteiger partial charge is 0.449 e. The highest BCUT2D eigenvalue weighted by Crippen LogP contribution is 2.40. The smallest absolute Gasteiger partial charge is 0.411 e. The number of sulfonamides is 1. The molecule has 2 fully saturated rings. The number of anilines is 1. The molecule has 220 valence electrons. The first-order valence-corrected chi connectivity index (χ1v) is 16.1. The molecule has 10 nitrogen and oxygen atoms in total. The molecule has 3 N–H and O–H groups in total. The molecule has 2 saturated carbocycles. The minimum absolute atomic E-state index is 0.0641. The molecule has 12 heteroatoms. The molecular formula is C28H40N4O6S2. The molecule has 1 aromatic carbocycles. The first-order chi connectivity index (χ1) is 18.8. The van der Waals surface area contributed by atoms with Crippen LogP contribution in [0.5, 0.6) is 0 Å². The molecule has 40 heavy (non-hydrogen) atoms. The Morgan fingerprint density at radius 1 is 1.07 bits per heavy atom. The van der Waals surface area contributed by atoms with Gasteiger partial charge < -0.3 is 14.8 Å². The first kappa shape index (κ1) is 30.3. The lowest BCUT2D eigenvalue weighted by Crippen LogP contribution is -2.40. The molecule has 0 saturated heterocycles. The molecule has 2 aliphatic carbocycles. The molecule has 0 aliphatic heterocycles. The first-order valence-electron chi connectivity index (χ1n) is 13.8. The normalized spacial score (nSPS) is 19.8. The van der Waals surface area contributed by atoms with Crippen LogP contribution < -0.4 is 15.4 Å². The maximum atomic E-state index is 13.5. The van der Waals surface area contributed by atoms with Gasteiger partial charge in [-0.2, -0.15) is 0 Å². The van der Waals surface area contributed by atoms with E-state index in [1.54, 1.807) is 39.1 Å². The zero-order chi connectivity index (χ0) is 29.1. The van der Waals surface area contributed by atoms with Crippen molar-refractivity contribution in [2.24, 2.45) is 5.92 Å². The Kier molecular flexibility index (Phi) is 9.41. The zero-order valence-electron chi connectivity index (χ0n) is 23.8. The predicted molar refractivity (Wildman–Crippen MR) is 155 cm³/mol. The van der Waals surface area contributed by atoms with Crippen molar-refractivity contribution in [3.8, 4) is 10.4 Å². The number of amides is 2. The summed E-state index contributed by atoms with van der Waals surface area (Å²) in [4.78, 5) is 29.7. The molecule has 2 aliphatic rings. The third-order valence-electron chi connectivity index (χ3n) is 6.64. The summed E-state index contributed by atoms with van der Waals surface area (Å²) in [6.07, 6.45) is 6.05. The molecule has 2 aromatic rings. The number of thiazole rings is 1. The van der Waals surface area contributed by atoms with Crippen LogP contribution in [0.15, 0.2) is 29.3 Å². The molecule has 0 spiro atoms. The minimum atomic E-state index is -3.93. The average molecular weight is 593 g/mol. The van der Waals surface area contributed by atoms with Crippen LogP contribution in [0.1, 0.15) is 84.1 Å². The minimum Gasteiger partial charge on any atom is -0.449 e. The van der Waals surface area contributed by atoms with E-state index in [0.717, 1.165) is 48.4 Å². The molecule has 1 aromatic heterocycles. The zero-order valence-corrected chi connectivity index (χ0v) is 25.4. The third-order valence-corrected chi connectivity index (χ3v) is 9.63. The molecule has 4 rings (SSSR count). The highest BCUT2D eigenvalue weighted by Gasteiger charge is 2.29. The average Bonchev–Trinajstić information content (AvgIpc) is 3.55. The number of aromatic nitrogens is 1. The lowest BCUT2D eigenvalue weighted by atomic mass is 9.86. The Morgan fingerprint density at radius 2 is 1.77 bits per heavy atom. The predicted octanol–water partition coefficient (Wildman–Crippen LogP) is 6.01. The number of ether oxygens (including phenoxy) is 2. The third kappa shape index (κ3) is 8.65. The highest BCUT2D eigenvalue weighted by molar-refractivity contribution is 7.89. The Labute approximate surface area is 240 Å². The van der Waals surface area contributed by atoms with E-state index in [-0.39, 0.29) is 29.1 Å². The number of rotatable bonds is 9. The van der Waals surface area contributed by atoms with Crippen LogP contribution >= 0.6 is 11.3 Å². The van der Waals surface area contributed by atoms with E-state index < -0.39 is 21.7 Å². The standard InChI is InChI=1S/C28H40N4O6S2/c1-17(2)38-27(34)30-20-10-8-19(9-11-20)25-29-15-23(39-25)22-13-12-21(31-26(33)37-16-18-6-7-18)14-24(22)40(35,36)32-28(3,4)5/h12-15,17-20,32H,6-11,16H2,1-5H3,(H,30,34)(H,31,33). The number of carbonyl (C=O) groups is 2. The van der Waals surface area contributed by atoms with E-state index in [4.69, 9.17) is 9.47 Å². The van der Waals surface area contributed by atoms with Crippen molar-refractivity contribution in [3.05, 3.63) is 29.4 Å². The highest BCUT2D eigenvalue weighted by atomic mass is 32.2. The second-order valence-electron chi connectivity index (χ2n) is 11.9. The second-order valence-corrected chi connectivity index (χ2v) is 14.7. The van der Waals surface area contributed by atoms with Gasteiger partial charge in [-0.25, -0.2) is 27.7 Å². The summed E-state index contributed by atoms with van der Waals surface area (Å²) < 4.78 is 40.1. The number of alkyl carbamates (subject to hydrolysis) is 1. The van der Waals surface area contributed by atoms with Crippen LogP contribution in [0.25, 0.3) is 10.4 Å². The molecular weight excluding hydrogens is 552 g/mol. The Hall–Kier alpha value is -2.70. The Morgan fingerprint density at radius 3 is 2.40 bits per heavy atom. The number of benzene rings is 1. The number of nitrogens with one attached hydrogen (secondary N) is 3. The second kappa shape index (κ2) is 12.4. The van der Waals surface area contributed by atoms with E-state index in [0.29, 0.717) is 23.8 Å². The summed E-state index contributed by atoms with van der Waals surface area (Å²) in [5, 5.41) is 6.54. The fourth-order valence-corrected chi connectivity index (χ4v) is 7.47. The lowest BCUT2D eigenvalue weighted by Gasteiger charge is -2.28. The van der Waals surface area contributed by atoms with Crippen molar-refractivity contribution in [2.75, 3.05) is 11.9 Å². The molecule has 1 heterocycles. The van der Waals surface area contributed by atoms with Gasteiger partial charge in [0.15, 0.2) is 0 Å². The van der Waals surface area contributed by atoms with Gasteiger partial charge >= 0.3 is 12.2 Å². The van der Waals surface area contributed by atoms with Gasteiger partial charge in [-0.1, -0.05) is 6.07 Å². The van der Waals surface area contributed by atoms with Crippen LogP contribution in [0, 0.1) is 5.92 Å². The van der Waals surface area contributed by atoms with Crippen LogP contribution in [-0.2, 0) is 19.5 Å². The quantitative estimate of drug-likeness (QED) is 0.325. The number of hydrogen-bond donors (Lipinski definition) is 3. The maximum absolute atomic E-state index is 13.5. The van der Waals surface area contributed by atoms with Crippen molar-refractivity contribution in [1.29, 1.82) is 0 Å². The lowest BCUT2D eigenvalue weighted by molar-refractivity contribution is 0.109. The van der Waals surface area contributed by atoms with E-state index in [1.165, 1.54) is 17.4 Å². The fourth-order valence-electron chi connectivity index (χ4n) is 4.62. The topological polar surface area (TPSA) is 136 Å². The van der Waals surface area contributed by atoms with Crippen LogP contribution in [0.4, 0.5) is 15.3 Å². The molecule has 2 amide bonds. The van der Waals surface area contributed by atoms with Gasteiger partial charge in [-0.05, 0) is 91.2 Å². The SMILES string of the molecule is CC(C)OC(=O)NC1CCC(c2ncc(-c3ccc(NC(=O)OCC4CC4)cc3S(=O)(=O)NC(C)(C)C)s2)CC1. The fraction of sp³-hybridized carbons (Fsp3) is 0.607. The van der Waals surface area contributed by atoms with Crippen LogP contribution in [-0.4, -0.2) is 49.9 Å². The van der Waals surface area contributed by atoms with Crippen molar-refractivity contribution < 1.29 is 27.5 Å². The summed E-state index contributed by atoms with van der Waals surface area (Å²) in [5.74, 6) is 0.654. The summed E-state index contributed by atoms with van der Waals surface area (Å²) in [5.41, 5.74) is 0.158. The van der Waals surface area contributed by atoms with Gasteiger partial charge in [0.2, 0.25) is 10.0 Å². The maximum Gasteiger partial charge on any atom is 0.411 e. The van der Waals surface area contributed by atoms with Gasteiger partial charge in [0, 0.05) is 34.9 Å². The van der Waals surface area contributed by atoms with E-state index in [1.807, 2.05) is 13.8 Å². The van der Waals surface area contributed by atoms with Crippen molar-refractivity contribution in [2.45, 2.75) is 102 Å². The Bertz CT molecular complexity index is 1310. The monoisotopic (exact) mass is 592 g/mol. The number of carbonyl (C=O) groups excluding carboxylic acids is 2. The van der Waals surface area contributed by atoms with E-state index in [2.05, 4.69) is 20.3 Å². The summed E-state index contributed by atoms with van der Waals surface area (Å²) in [7, 11) is -3.93. The van der Waals surface area contributed by atoms with Crippen LogP contribution in [0.2, 0.25) is 0 Å². The van der Waals surface area contributed by atoms with Gasteiger partial charge in [0.1, 0.15) is 0 Å². The van der Waals surface area contributed by atoms with Crippen molar-refractivity contribution in [1.82, 2.24) is 15.0 Å². The summed E-state index contributed by atoms with van der Waals surface area (Å²) >= 11 is 1.47. The van der Waals surface area contributed by atoms with Gasteiger partial charge in [0.05, 0.1) is 27.5 Å². The summed E-state index contributed by atoms with van der Waals surface area (Å²) in [6.45, 7) is 9.34. The number of hydrogen-bond acceptors (Lipinski definition) is 8. The van der Waals surface area contributed by atoms with Crippen LogP contribution in [0.3, 0.4) is 0 Å². The molecule has 0 unspecified atom stereocenters. The van der Waals surface area contributed by atoms with E-state index >= 15 is 0 Å². The van der Waals surface area contributed by atoms with E-state index in [9.17, 15) is 18.0 Å². The van der Waals surface area contributed by atoms with Gasteiger partial charge in [-0.15, -0.1) is 11.3 Å². The van der Waals surface area contributed by atoms with Gasteiger partial charge in [-0.3, -0.25) is 5.32 Å². The number of nitrogens with zero attached hydrogens (tertiary/aromatic N) is 1. The van der Waals surface area contributed by atoms with Gasteiger partial charge in [0.25, 0.3) is 0 Å². The van der Waals surface area contributed by atoms with Crippen molar-refractivity contribution in [3.63, 3.8) is 0 Å². The summed E-state index contributed by atoms with van der Waals surface area (Å²) in [6, 6.07) is 4.91. The molecule has 0 bridgehead atoms. The Balaban J connectivity index is 1.50. The molecule has 0 radical (unpaired) electrons. The van der Waals surface area contributed by atoms with Crippen molar-refractivity contribution >= 4 is 39.2 Å².